The van der Waals surface area contributed by atoms with Crippen LogP contribution in [0.15, 0.2) is 54.0 Å². The standard InChI is InChI=1S/C19H19N3O2S/c1-13(2)24-17-9-4-3-7-15(17)22-18(23)11-14-12-25-19(21-14)16-8-5-6-10-20-16/h3-10,12-13H,11H2,1-2H3,(H,22,23). The minimum Gasteiger partial charge on any atom is -0.489 e. The van der Waals surface area contributed by atoms with E-state index in [-0.39, 0.29) is 18.4 Å². The molecule has 0 saturated carbocycles. The predicted octanol–water partition coefficient (Wildman–Crippen LogP) is 4.17. The molecule has 5 nitrogen and oxygen atoms in total. The summed E-state index contributed by atoms with van der Waals surface area (Å²) in [6.45, 7) is 3.90. The van der Waals surface area contributed by atoms with Gasteiger partial charge in [0.2, 0.25) is 5.91 Å². The summed E-state index contributed by atoms with van der Waals surface area (Å²) in [5.41, 5.74) is 2.21. The van der Waals surface area contributed by atoms with Gasteiger partial charge in [0, 0.05) is 11.6 Å². The molecule has 0 unspecified atom stereocenters. The Labute approximate surface area is 150 Å². The molecular weight excluding hydrogens is 334 g/mol. The molecule has 0 saturated heterocycles. The lowest BCUT2D eigenvalue weighted by atomic mass is 10.2. The molecule has 0 aliphatic carbocycles. The van der Waals surface area contributed by atoms with Crippen LogP contribution in [0.2, 0.25) is 0 Å². The summed E-state index contributed by atoms with van der Waals surface area (Å²) in [4.78, 5) is 21.1. The molecule has 1 amide bonds. The molecule has 0 bridgehead atoms. The Hall–Kier alpha value is -2.73. The van der Waals surface area contributed by atoms with Crippen molar-refractivity contribution >= 4 is 22.9 Å². The number of para-hydroxylation sites is 2. The lowest BCUT2D eigenvalue weighted by molar-refractivity contribution is -0.115. The van der Waals surface area contributed by atoms with Crippen molar-refractivity contribution in [3.8, 4) is 16.5 Å². The molecule has 0 aliphatic rings. The van der Waals surface area contributed by atoms with Gasteiger partial charge >= 0.3 is 0 Å². The molecule has 3 aromatic rings. The SMILES string of the molecule is CC(C)Oc1ccccc1NC(=O)Cc1csc(-c2ccccn2)n1. The molecule has 2 aromatic heterocycles. The van der Waals surface area contributed by atoms with Gasteiger partial charge in [0.05, 0.1) is 29.6 Å². The fourth-order valence-electron chi connectivity index (χ4n) is 2.28. The minimum atomic E-state index is -0.127. The number of benzene rings is 1. The summed E-state index contributed by atoms with van der Waals surface area (Å²) in [6, 6.07) is 13.1. The second kappa shape index (κ2) is 7.90. The number of hydrogen-bond acceptors (Lipinski definition) is 5. The van der Waals surface area contributed by atoms with E-state index in [9.17, 15) is 4.79 Å². The highest BCUT2D eigenvalue weighted by Gasteiger charge is 2.12. The zero-order valence-electron chi connectivity index (χ0n) is 14.1. The van der Waals surface area contributed by atoms with Crippen molar-refractivity contribution in [2.75, 3.05) is 5.32 Å². The van der Waals surface area contributed by atoms with Crippen molar-refractivity contribution in [2.45, 2.75) is 26.4 Å². The van der Waals surface area contributed by atoms with Gasteiger partial charge in [-0.1, -0.05) is 18.2 Å². The molecule has 2 heterocycles. The topological polar surface area (TPSA) is 64.1 Å². The zero-order chi connectivity index (χ0) is 17.6. The minimum absolute atomic E-state index is 0.0394. The average Bonchev–Trinajstić information content (AvgIpc) is 3.05. The number of nitrogens with zero attached hydrogens (tertiary/aromatic N) is 2. The fourth-order valence-corrected chi connectivity index (χ4v) is 3.08. The van der Waals surface area contributed by atoms with Crippen LogP contribution in [-0.2, 0) is 11.2 Å². The molecule has 3 rings (SSSR count). The molecule has 25 heavy (non-hydrogen) atoms. The molecule has 1 N–H and O–H groups in total. The van der Waals surface area contributed by atoms with Crippen LogP contribution >= 0.6 is 11.3 Å². The molecule has 0 atom stereocenters. The summed E-state index contributed by atoms with van der Waals surface area (Å²) < 4.78 is 5.72. The third-order valence-electron chi connectivity index (χ3n) is 3.30. The molecule has 0 radical (unpaired) electrons. The second-order valence-corrected chi connectivity index (χ2v) is 6.60. The highest BCUT2D eigenvalue weighted by molar-refractivity contribution is 7.13. The van der Waals surface area contributed by atoms with E-state index >= 15 is 0 Å². The first-order chi connectivity index (χ1) is 12.1. The maximum Gasteiger partial charge on any atom is 0.230 e. The summed E-state index contributed by atoms with van der Waals surface area (Å²) in [5, 5.41) is 5.60. The molecule has 0 spiro atoms. The van der Waals surface area contributed by atoms with E-state index in [1.165, 1.54) is 11.3 Å². The van der Waals surface area contributed by atoms with Crippen LogP contribution < -0.4 is 10.1 Å². The van der Waals surface area contributed by atoms with Gasteiger partial charge in [-0.3, -0.25) is 9.78 Å². The fraction of sp³-hybridized carbons (Fsp3) is 0.211. The summed E-state index contributed by atoms with van der Waals surface area (Å²) in [5.74, 6) is 0.538. The first-order valence-corrected chi connectivity index (χ1v) is 8.91. The third kappa shape index (κ3) is 4.64. The predicted molar refractivity (Wildman–Crippen MR) is 99.9 cm³/mol. The third-order valence-corrected chi connectivity index (χ3v) is 4.21. The van der Waals surface area contributed by atoms with E-state index in [0.29, 0.717) is 11.4 Å². The normalized spacial score (nSPS) is 10.7. The van der Waals surface area contributed by atoms with Crippen LogP contribution in [0.5, 0.6) is 5.75 Å². The van der Waals surface area contributed by atoms with Gasteiger partial charge in [0.25, 0.3) is 0 Å². The molecule has 1 aromatic carbocycles. The van der Waals surface area contributed by atoms with Crippen LogP contribution in [0, 0.1) is 0 Å². The van der Waals surface area contributed by atoms with Crippen LogP contribution in [-0.4, -0.2) is 22.0 Å². The second-order valence-electron chi connectivity index (χ2n) is 5.75. The molecule has 0 aliphatic heterocycles. The summed E-state index contributed by atoms with van der Waals surface area (Å²) >= 11 is 1.48. The first-order valence-electron chi connectivity index (χ1n) is 8.03. The van der Waals surface area contributed by atoms with Crippen LogP contribution in [0.1, 0.15) is 19.5 Å². The Kier molecular flexibility index (Phi) is 5.40. The van der Waals surface area contributed by atoms with E-state index in [1.54, 1.807) is 6.20 Å². The maximum atomic E-state index is 12.3. The molecular formula is C19H19N3O2S. The van der Waals surface area contributed by atoms with Gasteiger partial charge in [0.15, 0.2) is 0 Å². The number of ether oxygens (including phenoxy) is 1. The molecule has 6 heteroatoms. The molecule has 128 valence electrons. The van der Waals surface area contributed by atoms with Gasteiger partial charge in [-0.2, -0.15) is 0 Å². The number of hydrogen-bond donors (Lipinski definition) is 1. The number of pyridine rings is 1. The number of aromatic nitrogens is 2. The largest absolute Gasteiger partial charge is 0.489 e. The monoisotopic (exact) mass is 353 g/mol. The number of carbonyl (C=O) groups excluding carboxylic acids is 1. The van der Waals surface area contributed by atoms with Crippen LogP contribution in [0.4, 0.5) is 5.69 Å². The lowest BCUT2D eigenvalue weighted by Gasteiger charge is -2.14. The van der Waals surface area contributed by atoms with Gasteiger partial charge < -0.3 is 10.1 Å². The van der Waals surface area contributed by atoms with Crippen molar-refractivity contribution in [2.24, 2.45) is 0 Å². The number of thiazole rings is 1. The number of rotatable bonds is 6. The van der Waals surface area contributed by atoms with E-state index in [4.69, 9.17) is 4.74 Å². The summed E-state index contributed by atoms with van der Waals surface area (Å²) in [6.07, 6.45) is 1.98. The Morgan fingerprint density at radius 1 is 1.20 bits per heavy atom. The van der Waals surface area contributed by atoms with Gasteiger partial charge in [-0.05, 0) is 38.1 Å². The number of nitrogens with one attached hydrogen (secondary N) is 1. The van der Waals surface area contributed by atoms with Gasteiger partial charge in [-0.15, -0.1) is 11.3 Å². The van der Waals surface area contributed by atoms with E-state index in [1.807, 2.05) is 61.7 Å². The Morgan fingerprint density at radius 3 is 2.76 bits per heavy atom. The van der Waals surface area contributed by atoms with Crippen LogP contribution in [0.25, 0.3) is 10.7 Å². The number of carbonyl (C=O) groups is 1. The Bertz CT molecular complexity index is 847. The smallest absolute Gasteiger partial charge is 0.230 e. The lowest BCUT2D eigenvalue weighted by Crippen LogP contribution is -2.16. The Morgan fingerprint density at radius 2 is 2.00 bits per heavy atom. The highest BCUT2D eigenvalue weighted by atomic mass is 32.1. The summed E-state index contributed by atoms with van der Waals surface area (Å²) in [7, 11) is 0. The van der Waals surface area contributed by atoms with E-state index < -0.39 is 0 Å². The van der Waals surface area contributed by atoms with Crippen molar-refractivity contribution in [3.05, 3.63) is 59.7 Å². The zero-order valence-corrected chi connectivity index (χ0v) is 14.9. The quantitative estimate of drug-likeness (QED) is 0.722. The van der Waals surface area contributed by atoms with Crippen molar-refractivity contribution in [1.82, 2.24) is 9.97 Å². The van der Waals surface area contributed by atoms with Crippen LogP contribution in [0.3, 0.4) is 0 Å². The maximum absolute atomic E-state index is 12.3. The van der Waals surface area contributed by atoms with Crippen molar-refractivity contribution in [3.63, 3.8) is 0 Å². The van der Waals surface area contributed by atoms with Crippen molar-refractivity contribution < 1.29 is 9.53 Å². The Balaban J connectivity index is 1.67. The number of amides is 1. The van der Waals surface area contributed by atoms with Crippen molar-refractivity contribution in [1.29, 1.82) is 0 Å². The van der Waals surface area contributed by atoms with Gasteiger partial charge in [0.1, 0.15) is 10.8 Å². The van der Waals surface area contributed by atoms with E-state index in [0.717, 1.165) is 16.4 Å². The average molecular weight is 353 g/mol. The number of anilines is 1. The van der Waals surface area contributed by atoms with E-state index in [2.05, 4.69) is 15.3 Å². The first kappa shape index (κ1) is 17.1. The van der Waals surface area contributed by atoms with Gasteiger partial charge in [-0.25, -0.2) is 4.98 Å². The molecule has 0 fully saturated rings. The highest BCUT2D eigenvalue weighted by Crippen LogP contribution is 2.25.